The van der Waals surface area contributed by atoms with E-state index in [1.54, 1.807) is 26.2 Å². The van der Waals surface area contributed by atoms with Gasteiger partial charge in [-0.15, -0.1) is 10.2 Å². The number of nitrogen functional groups attached to an aromatic ring is 1. The number of carbonyl (C=O) groups excluding carboxylic acids is 1. The number of ether oxygens (including phenoxy) is 1. The Morgan fingerprint density at radius 2 is 1.96 bits per heavy atom. The van der Waals surface area contributed by atoms with Gasteiger partial charge in [-0.3, -0.25) is 4.79 Å². The van der Waals surface area contributed by atoms with Gasteiger partial charge in [-0.2, -0.15) is 0 Å². The zero-order chi connectivity index (χ0) is 20.1. The van der Waals surface area contributed by atoms with Crippen molar-refractivity contribution >= 4 is 17.7 Å². The van der Waals surface area contributed by atoms with Gasteiger partial charge in [0.15, 0.2) is 5.82 Å². The highest BCUT2D eigenvalue weighted by atomic mass is 32.2. The molecule has 1 atom stereocenters. The van der Waals surface area contributed by atoms with Gasteiger partial charge in [0.25, 0.3) is 0 Å². The molecule has 1 amide bonds. The molecule has 1 unspecified atom stereocenters. The number of benzene rings is 2. The quantitative estimate of drug-likeness (QED) is 0.467. The summed E-state index contributed by atoms with van der Waals surface area (Å²) in [6.07, 6.45) is 0. The number of amides is 1. The minimum atomic E-state index is -0.447. The number of hydrogen-bond acceptors (Lipinski definition) is 6. The molecule has 0 saturated heterocycles. The molecular weight excluding hydrogens is 381 g/mol. The van der Waals surface area contributed by atoms with Gasteiger partial charge in [0, 0.05) is 6.54 Å². The molecule has 9 heteroatoms. The topological polar surface area (TPSA) is 95.1 Å². The Morgan fingerprint density at radius 3 is 2.68 bits per heavy atom. The van der Waals surface area contributed by atoms with Crippen molar-refractivity contribution in [2.24, 2.45) is 0 Å². The first-order valence-electron chi connectivity index (χ1n) is 8.52. The monoisotopic (exact) mass is 401 g/mol. The van der Waals surface area contributed by atoms with Crippen LogP contribution >= 0.6 is 11.8 Å². The Balaban J connectivity index is 1.65. The van der Waals surface area contributed by atoms with Gasteiger partial charge in [-0.25, -0.2) is 9.07 Å². The molecule has 0 aliphatic rings. The number of aromatic nitrogens is 3. The molecule has 1 heterocycles. The average molecular weight is 401 g/mol. The molecule has 3 aromatic rings. The molecule has 7 nitrogen and oxygen atoms in total. The van der Waals surface area contributed by atoms with Crippen molar-refractivity contribution in [1.29, 1.82) is 0 Å². The van der Waals surface area contributed by atoms with E-state index in [0.29, 0.717) is 28.8 Å². The van der Waals surface area contributed by atoms with Crippen LogP contribution in [0.5, 0.6) is 5.75 Å². The Labute approximate surface area is 166 Å². The highest BCUT2D eigenvalue weighted by Gasteiger charge is 2.21. The van der Waals surface area contributed by atoms with Gasteiger partial charge < -0.3 is 15.9 Å². The molecule has 146 valence electrons. The summed E-state index contributed by atoms with van der Waals surface area (Å²) >= 11 is 1.20. The van der Waals surface area contributed by atoms with E-state index in [1.165, 1.54) is 28.6 Å². The number of thioether (sulfide) groups is 1. The van der Waals surface area contributed by atoms with Crippen molar-refractivity contribution in [2.45, 2.75) is 23.9 Å². The zero-order valence-corrected chi connectivity index (χ0v) is 16.2. The van der Waals surface area contributed by atoms with Crippen LogP contribution in [0.3, 0.4) is 0 Å². The van der Waals surface area contributed by atoms with E-state index in [2.05, 4.69) is 15.5 Å². The third-order valence-electron chi connectivity index (χ3n) is 4.04. The van der Waals surface area contributed by atoms with Crippen molar-refractivity contribution in [2.75, 3.05) is 13.0 Å². The number of carbonyl (C=O) groups is 1. The molecule has 0 aliphatic heterocycles. The van der Waals surface area contributed by atoms with Crippen LogP contribution in [0.2, 0.25) is 0 Å². The van der Waals surface area contributed by atoms with Crippen LogP contribution in [-0.2, 0) is 11.3 Å². The summed E-state index contributed by atoms with van der Waals surface area (Å²) in [6.45, 7) is 2.06. The van der Waals surface area contributed by atoms with Crippen LogP contribution in [0.1, 0.15) is 12.5 Å². The van der Waals surface area contributed by atoms with Crippen LogP contribution in [0.15, 0.2) is 53.7 Å². The number of nitrogens with one attached hydrogen (secondary N) is 1. The molecule has 3 rings (SSSR count). The fourth-order valence-corrected chi connectivity index (χ4v) is 3.31. The SMILES string of the molecule is COc1ccccc1-c1nnc(SC(C)C(=O)NCc2ccc(F)cc2)n1N. The summed E-state index contributed by atoms with van der Waals surface area (Å²) in [7, 11) is 1.57. The summed E-state index contributed by atoms with van der Waals surface area (Å²) < 4.78 is 19.6. The molecular formula is C19H20FN5O2S. The lowest BCUT2D eigenvalue weighted by molar-refractivity contribution is -0.120. The lowest BCUT2D eigenvalue weighted by Crippen LogP contribution is -2.30. The average Bonchev–Trinajstić information content (AvgIpc) is 3.07. The first-order valence-corrected chi connectivity index (χ1v) is 9.40. The van der Waals surface area contributed by atoms with Crippen molar-refractivity contribution in [3.63, 3.8) is 0 Å². The third-order valence-corrected chi connectivity index (χ3v) is 5.10. The van der Waals surface area contributed by atoms with E-state index in [9.17, 15) is 9.18 Å². The number of rotatable bonds is 7. The Hall–Kier alpha value is -3.07. The van der Waals surface area contributed by atoms with Crippen molar-refractivity contribution in [3.8, 4) is 17.1 Å². The minimum Gasteiger partial charge on any atom is -0.496 e. The lowest BCUT2D eigenvalue weighted by Gasteiger charge is -2.12. The number of methoxy groups -OCH3 is 1. The molecule has 1 aromatic heterocycles. The van der Waals surface area contributed by atoms with E-state index in [-0.39, 0.29) is 11.7 Å². The van der Waals surface area contributed by atoms with Crippen molar-refractivity contribution in [1.82, 2.24) is 20.2 Å². The maximum Gasteiger partial charge on any atom is 0.233 e. The Bertz CT molecular complexity index is 961. The number of nitrogens with two attached hydrogens (primary N) is 1. The highest BCUT2D eigenvalue weighted by Crippen LogP contribution is 2.30. The maximum absolute atomic E-state index is 12.9. The molecule has 0 aliphatic carbocycles. The zero-order valence-electron chi connectivity index (χ0n) is 15.4. The highest BCUT2D eigenvalue weighted by molar-refractivity contribution is 8.00. The van der Waals surface area contributed by atoms with Crippen LogP contribution < -0.4 is 15.9 Å². The molecule has 2 aromatic carbocycles. The largest absolute Gasteiger partial charge is 0.496 e. The summed E-state index contributed by atoms with van der Waals surface area (Å²) in [4.78, 5) is 12.4. The second-order valence-corrected chi connectivity index (χ2v) is 7.29. The second kappa shape index (κ2) is 8.75. The number of halogens is 1. The van der Waals surface area contributed by atoms with E-state index in [4.69, 9.17) is 10.6 Å². The van der Waals surface area contributed by atoms with E-state index >= 15 is 0 Å². The van der Waals surface area contributed by atoms with E-state index in [1.807, 2.05) is 24.3 Å². The van der Waals surface area contributed by atoms with Gasteiger partial charge in [0.05, 0.1) is 17.9 Å². The smallest absolute Gasteiger partial charge is 0.233 e. The van der Waals surface area contributed by atoms with Gasteiger partial charge >= 0.3 is 0 Å². The van der Waals surface area contributed by atoms with E-state index in [0.717, 1.165) is 5.56 Å². The van der Waals surface area contributed by atoms with Crippen LogP contribution in [-0.4, -0.2) is 33.1 Å². The maximum atomic E-state index is 12.9. The summed E-state index contributed by atoms with van der Waals surface area (Å²) in [5.41, 5.74) is 1.52. The summed E-state index contributed by atoms with van der Waals surface area (Å²) in [5, 5.41) is 11.0. The molecule has 3 N–H and O–H groups in total. The van der Waals surface area contributed by atoms with Gasteiger partial charge in [-0.1, -0.05) is 36.0 Å². The Morgan fingerprint density at radius 1 is 1.25 bits per heavy atom. The van der Waals surface area contributed by atoms with Gasteiger partial charge in [-0.05, 0) is 36.8 Å². The number of para-hydroxylation sites is 1. The molecule has 0 saturated carbocycles. The molecule has 0 radical (unpaired) electrons. The number of nitrogens with zero attached hydrogens (tertiary/aromatic N) is 3. The minimum absolute atomic E-state index is 0.184. The van der Waals surface area contributed by atoms with Gasteiger partial charge in [0.1, 0.15) is 11.6 Å². The molecule has 0 bridgehead atoms. The standard InChI is InChI=1S/C19H20FN5O2S/c1-12(18(26)22-11-13-7-9-14(20)10-8-13)28-19-24-23-17(25(19)21)15-5-3-4-6-16(15)27-2/h3-10,12H,11,21H2,1-2H3,(H,22,26). The molecule has 28 heavy (non-hydrogen) atoms. The Kier molecular flexibility index (Phi) is 6.15. The fourth-order valence-electron chi connectivity index (χ4n) is 2.52. The van der Waals surface area contributed by atoms with Crippen LogP contribution in [0, 0.1) is 5.82 Å². The predicted molar refractivity (Wildman–Crippen MR) is 106 cm³/mol. The fraction of sp³-hybridized carbons (Fsp3) is 0.211. The van der Waals surface area contributed by atoms with Crippen molar-refractivity contribution < 1.29 is 13.9 Å². The summed E-state index contributed by atoms with van der Waals surface area (Å²) in [6, 6.07) is 13.3. The summed E-state index contributed by atoms with van der Waals surface area (Å²) in [5.74, 6) is 6.71. The predicted octanol–water partition coefficient (Wildman–Crippen LogP) is 2.60. The molecule has 0 spiro atoms. The van der Waals surface area contributed by atoms with E-state index < -0.39 is 5.25 Å². The first-order chi connectivity index (χ1) is 13.5. The van der Waals surface area contributed by atoms with Crippen LogP contribution in [0.25, 0.3) is 11.4 Å². The third kappa shape index (κ3) is 4.42. The lowest BCUT2D eigenvalue weighted by atomic mass is 10.2. The molecule has 0 fully saturated rings. The normalized spacial score (nSPS) is 11.8. The van der Waals surface area contributed by atoms with Gasteiger partial charge in [0.2, 0.25) is 11.1 Å². The van der Waals surface area contributed by atoms with Crippen LogP contribution in [0.4, 0.5) is 4.39 Å². The number of hydrogen-bond donors (Lipinski definition) is 2. The first kappa shape index (κ1) is 19.7. The second-order valence-electron chi connectivity index (χ2n) is 5.98. The van der Waals surface area contributed by atoms with Crippen molar-refractivity contribution in [3.05, 3.63) is 59.9 Å².